The van der Waals surface area contributed by atoms with Crippen LogP contribution < -0.4 is 0 Å². The lowest BCUT2D eigenvalue weighted by atomic mass is 10.1. The fraction of sp³-hybridized carbons (Fsp3) is 0.300. The van der Waals surface area contributed by atoms with Crippen molar-refractivity contribution < 1.29 is 0 Å². The first kappa shape index (κ1) is 5.96. The van der Waals surface area contributed by atoms with Crippen molar-refractivity contribution in [2.75, 3.05) is 0 Å². The summed E-state index contributed by atoms with van der Waals surface area (Å²) < 4.78 is 0. The molecule has 0 spiro atoms. The molecule has 51 valence electrons. The lowest BCUT2D eigenvalue weighted by Gasteiger charge is -1.93. The lowest BCUT2D eigenvalue weighted by Crippen LogP contribution is -1.86. The minimum atomic E-state index is 0.748. The number of hydrogen-bond acceptors (Lipinski definition) is 0. The van der Waals surface area contributed by atoms with Gasteiger partial charge < -0.3 is 0 Å². The Morgan fingerprint density at radius 2 is 2.10 bits per heavy atom. The van der Waals surface area contributed by atoms with Gasteiger partial charge in [-0.3, -0.25) is 0 Å². The summed E-state index contributed by atoms with van der Waals surface area (Å²) in [5, 5.41) is 0. The van der Waals surface area contributed by atoms with Gasteiger partial charge in [0.25, 0.3) is 0 Å². The van der Waals surface area contributed by atoms with E-state index in [9.17, 15) is 0 Å². The third-order valence-electron chi connectivity index (χ3n) is 2.06. The fourth-order valence-corrected chi connectivity index (χ4v) is 1.60. The van der Waals surface area contributed by atoms with Gasteiger partial charge in [0.2, 0.25) is 0 Å². The van der Waals surface area contributed by atoms with E-state index in [1.165, 1.54) is 17.5 Å². The highest BCUT2D eigenvalue weighted by Crippen LogP contribution is 2.27. The smallest absolute Gasteiger partial charge is 0.00587 e. The molecule has 0 N–H and O–H groups in total. The van der Waals surface area contributed by atoms with Gasteiger partial charge in [0, 0.05) is 0 Å². The number of benzene rings is 1. The highest BCUT2D eigenvalue weighted by atomic mass is 14.2. The van der Waals surface area contributed by atoms with Crippen molar-refractivity contribution in [1.29, 1.82) is 0 Å². The van der Waals surface area contributed by atoms with Gasteiger partial charge in [-0.25, -0.2) is 0 Å². The molecule has 0 amide bonds. The zero-order valence-electron chi connectivity index (χ0n) is 6.17. The van der Waals surface area contributed by atoms with E-state index < -0.39 is 0 Å². The highest BCUT2D eigenvalue weighted by molar-refractivity contribution is 5.38. The second kappa shape index (κ2) is 2.12. The summed E-state index contributed by atoms with van der Waals surface area (Å²) in [7, 11) is 0. The first-order valence-corrected chi connectivity index (χ1v) is 3.79. The molecule has 1 aliphatic rings. The first-order chi connectivity index (χ1) is 4.86. The minimum Gasteiger partial charge on any atom is -0.0620 e. The van der Waals surface area contributed by atoms with Gasteiger partial charge in [0.15, 0.2) is 0 Å². The molecule has 0 fully saturated rings. The molecule has 0 unspecified atom stereocenters. The van der Waals surface area contributed by atoms with Crippen molar-refractivity contribution in [1.82, 2.24) is 0 Å². The largest absolute Gasteiger partial charge is 0.0620 e. The molecule has 1 aliphatic carbocycles. The number of hydrogen-bond donors (Lipinski definition) is 0. The molecule has 2 rings (SSSR count). The molecule has 1 radical (unpaired) electrons. The summed E-state index contributed by atoms with van der Waals surface area (Å²) in [5.41, 5.74) is 2.95. The van der Waals surface area contributed by atoms with E-state index in [1.807, 2.05) is 0 Å². The topological polar surface area (TPSA) is 0 Å². The predicted octanol–water partition coefficient (Wildman–Crippen LogP) is 2.43. The van der Waals surface area contributed by atoms with Gasteiger partial charge in [0.05, 0.1) is 0 Å². The molecule has 1 aromatic rings. The van der Waals surface area contributed by atoms with E-state index >= 15 is 0 Å². The quantitative estimate of drug-likeness (QED) is 0.507. The van der Waals surface area contributed by atoms with Crippen LogP contribution in [-0.4, -0.2) is 0 Å². The second-order valence-corrected chi connectivity index (χ2v) is 3.05. The van der Waals surface area contributed by atoms with Crippen LogP contribution in [0.3, 0.4) is 0 Å². The molecule has 10 heavy (non-hydrogen) atoms. The molecule has 1 aromatic carbocycles. The molecular formula is C10H11. The molecule has 0 nitrogen and oxygen atoms in total. The van der Waals surface area contributed by atoms with Crippen LogP contribution in [0.2, 0.25) is 0 Å². The van der Waals surface area contributed by atoms with Crippen LogP contribution in [0.1, 0.15) is 18.1 Å². The van der Waals surface area contributed by atoms with Crippen molar-refractivity contribution in [2.45, 2.75) is 13.3 Å². The summed E-state index contributed by atoms with van der Waals surface area (Å²) >= 11 is 0. The monoisotopic (exact) mass is 131 g/mol. The Morgan fingerprint density at radius 3 is 2.90 bits per heavy atom. The standard InChI is InChI=1S/C10H11/c1-8-6-9-4-2-3-5-10(9)7-8/h2-6,8H,7H2,1H3/t8-/m0/s1. The van der Waals surface area contributed by atoms with E-state index in [0.717, 1.165) is 5.92 Å². The maximum absolute atomic E-state index is 2.34. The average Bonchev–Trinajstić information content (AvgIpc) is 2.27. The van der Waals surface area contributed by atoms with E-state index in [-0.39, 0.29) is 0 Å². The molecule has 0 heteroatoms. The van der Waals surface area contributed by atoms with Crippen molar-refractivity contribution in [3.63, 3.8) is 0 Å². The van der Waals surface area contributed by atoms with Crippen LogP contribution in [0.25, 0.3) is 0 Å². The molecule has 0 saturated carbocycles. The summed E-state index contributed by atoms with van der Waals surface area (Å²) in [5.74, 6) is 0.748. The maximum atomic E-state index is 2.34. The van der Waals surface area contributed by atoms with E-state index in [2.05, 4.69) is 37.6 Å². The Morgan fingerprint density at radius 1 is 1.30 bits per heavy atom. The number of fused-ring (bicyclic) bond motifs is 1. The van der Waals surface area contributed by atoms with E-state index in [0.29, 0.717) is 0 Å². The second-order valence-electron chi connectivity index (χ2n) is 3.05. The Labute approximate surface area is 61.9 Å². The lowest BCUT2D eigenvalue weighted by molar-refractivity contribution is 0.726. The zero-order chi connectivity index (χ0) is 6.97. The van der Waals surface area contributed by atoms with E-state index in [1.54, 1.807) is 0 Å². The van der Waals surface area contributed by atoms with Crippen LogP contribution in [0.5, 0.6) is 0 Å². The van der Waals surface area contributed by atoms with Crippen LogP contribution in [0.15, 0.2) is 24.3 Å². The molecule has 0 bridgehead atoms. The fourth-order valence-electron chi connectivity index (χ4n) is 1.60. The van der Waals surface area contributed by atoms with Gasteiger partial charge >= 0.3 is 0 Å². The Bertz CT molecular complexity index is 213. The maximum Gasteiger partial charge on any atom is -0.00587 e. The van der Waals surface area contributed by atoms with Gasteiger partial charge in [-0.15, -0.1) is 0 Å². The highest BCUT2D eigenvalue weighted by Gasteiger charge is 2.15. The van der Waals surface area contributed by atoms with Gasteiger partial charge in [-0.05, 0) is 29.9 Å². The summed E-state index contributed by atoms with van der Waals surface area (Å²) in [6.07, 6.45) is 3.57. The average molecular weight is 131 g/mol. The summed E-state index contributed by atoms with van der Waals surface area (Å²) in [4.78, 5) is 0. The Hall–Kier alpha value is -0.780. The van der Waals surface area contributed by atoms with Crippen molar-refractivity contribution in [2.24, 2.45) is 5.92 Å². The van der Waals surface area contributed by atoms with E-state index in [4.69, 9.17) is 0 Å². The van der Waals surface area contributed by atoms with Crippen molar-refractivity contribution in [3.05, 3.63) is 41.8 Å². The predicted molar refractivity (Wildman–Crippen MR) is 42.7 cm³/mol. The van der Waals surface area contributed by atoms with Gasteiger partial charge in [0.1, 0.15) is 0 Å². The molecule has 0 aliphatic heterocycles. The molecule has 1 atom stereocenters. The number of rotatable bonds is 0. The Kier molecular flexibility index (Phi) is 1.26. The molecule has 0 saturated heterocycles. The van der Waals surface area contributed by atoms with Crippen LogP contribution in [0, 0.1) is 12.3 Å². The molecular weight excluding hydrogens is 120 g/mol. The minimum absolute atomic E-state index is 0.748. The van der Waals surface area contributed by atoms with Crippen molar-refractivity contribution in [3.8, 4) is 0 Å². The normalized spacial score (nSPS) is 17.3. The van der Waals surface area contributed by atoms with Crippen molar-refractivity contribution >= 4 is 0 Å². The SMILES string of the molecule is C[C@H]1[CH]c2ccccc2C1. The molecule has 0 heterocycles. The van der Waals surface area contributed by atoms with Crippen LogP contribution in [-0.2, 0) is 6.42 Å². The van der Waals surface area contributed by atoms with Gasteiger partial charge in [-0.2, -0.15) is 0 Å². The Balaban J connectivity index is 2.42. The molecule has 0 aromatic heterocycles. The summed E-state index contributed by atoms with van der Waals surface area (Å²) in [6, 6.07) is 8.63. The third-order valence-corrected chi connectivity index (χ3v) is 2.06. The van der Waals surface area contributed by atoms with Crippen LogP contribution >= 0.6 is 0 Å². The first-order valence-electron chi connectivity index (χ1n) is 3.79. The van der Waals surface area contributed by atoms with Gasteiger partial charge in [-0.1, -0.05) is 31.2 Å². The zero-order valence-corrected chi connectivity index (χ0v) is 6.17. The third kappa shape index (κ3) is 0.841. The van der Waals surface area contributed by atoms with Crippen LogP contribution in [0.4, 0.5) is 0 Å². The summed E-state index contributed by atoms with van der Waals surface area (Å²) in [6.45, 7) is 2.26.